The summed E-state index contributed by atoms with van der Waals surface area (Å²) >= 11 is 0. The second-order valence-corrected chi connectivity index (χ2v) is 5.24. The number of amides is 2. The van der Waals surface area contributed by atoms with Crippen LogP contribution in [0.4, 0.5) is 14.5 Å². The van der Waals surface area contributed by atoms with E-state index < -0.39 is 12.5 Å². The maximum Gasteiger partial charge on any atom is 0.387 e. The van der Waals surface area contributed by atoms with Crippen LogP contribution in [0.1, 0.15) is 15.9 Å². The lowest BCUT2D eigenvalue weighted by Gasteiger charge is -2.10. The number of rotatable bonds is 7. The minimum Gasteiger partial charge on any atom is -0.493 e. The van der Waals surface area contributed by atoms with Gasteiger partial charge in [-0.3, -0.25) is 9.59 Å². The fourth-order valence-electron chi connectivity index (χ4n) is 2.25. The van der Waals surface area contributed by atoms with E-state index in [1.54, 1.807) is 24.3 Å². The molecule has 0 unspecified atom stereocenters. The van der Waals surface area contributed by atoms with Crippen LogP contribution in [-0.4, -0.2) is 32.6 Å². The molecule has 0 aliphatic carbocycles. The van der Waals surface area contributed by atoms with Gasteiger partial charge in [-0.1, -0.05) is 18.2 Å². The molecule has 0 aromatic heterocycles. The van der Waals surface area contributed by atoms with Crippen LogP contribution in [0.3, 0.4) is 0 Å². The molecule has 2 N–H and O–H groups in total. The highest BCUT2D eigenvalue weighted by atomic mass is 19.3. The number of para-hydroxylation sites is 1. The summed E-state index contributed by atoms with van der Waals surface area (Å²) in [4.78, 5) is 23.9. The Morgan fingerprint density at radius 1 is 1.11 bits per heavy atom. The highest BCUT2D eigenvalue weighted by Crippen LogP contribution is 2.29. The van der Waals surface area contributed by atoms with Crippen molar-refractivity contribution in [1.82, 2.24) is 5.32 Å². The molecule has 0 radical (unpaired) electrons. The lowest BCUT2D eigenvalue weighted by Crippen LogP contribution is -2.20. The van der Waals surface area contributed by atoms with Crippen molar-refractivity contribution in [1.29, 1.82) is 0 Å². The van der Waals surface area contributed by atoms with Gasteiger partial charge in [-0.2, -0.15) is 8.78 Å². The quantitative estimate of drug-likeness (QED) is 0.727. The Morgan fingerprint density at radius 3 is 2.52 bits per heavy atom. The molecule has 0 spiro atoms. The standard InChI is InChI=1S/C19H18F2N2O4/c1-22-18(25)13-5-3-4-6-14(13)23-17(24)10-8-12-7-9-15(27-19(20)21)16(11-12)26-2/h3-11,19H,1-2H3,(H,22,25)(H,23,24)/b10-8+. The first-order chi connectivity index (χ1) is 12.9. The Balaban J connectivity index is 2.12. The third kappa shape index (κ3) is 5.53. The van der Waals surface area contributed by atoms with Gasteiger partial charge in [-0.15, -0.1) is 0 Å². The Hall–Kier alpha value is -3.42. The predicted molar refractivity (Wildman–Crippen MR) is 97.1 cm³/mol. The molecular weight excluding hydrogens is 358 g/mol. The van der Waals surface area contributed by atoms with Crippen LogP contribution in [0.2, 0.25) is 0 Å². The Bertz CT molecular complexity index is 853. The number of ether oxygens (including phenoxy) is 2. The van der Waals surface area contributed by atoms with Crippen LogP contribution < -0.4 is 20.1 Å². The van der Waals surface area contributed by atoms with Crippen molar-refractivity contribution in [3.05, 3.63) is 59.7 Å². The minimum absolute atomic E-state index is 0.103. The van der Waals surface area contributed by atoms with E-state index in [-0.39, 0.29) is 17.4 Å². The molecule has 2 aromatic rings. The molecule has 0 atom stereocenters. The Kier molecular flexibility index (Phi) is 6.87. The first-order valence-corrected chi connectivity index (χ1v) is 7.87. The van der Waals surface area contributed by atoms with E-state index in [0.717, 1.165) is 0 Å². The average Bonchev–Trinajstić information content (AvgIpc) is 2.66. The highest BCUT2D eigenvalue weighted by Gasteiger charge is 2.12. The van der Waals surface area contributed by atoms with E-state index in [9.17, 15) is 18.4 Å². The average molecular weight is 376 g/mol. The summed E-state index contributed by atoms with van der Waals surface area (Å²) in [5.74, 6) is -0.774. The molecule has 0 heterocycles. The van der Waals surface area contributed by atoms with Gasteiger partial charge in [0.15, 0.2) is 11.5 Å². The zero-order valence-electron chi connectivity index (χ0n) is 14.7. The van der Waals surface area contributed by atoms with E-state index in [2.05, 4.69) is 15.4 Å². The van der Waals surface area contributed by atoms with Crippen LogP contribution in [0.15, 0.2) is 48.5 Å². The van der Waals surface area contributed by atoms with Crippen molar-refractivity contribution in [3.63, 3.8) is 0 Å². The molecule has 2 rings (SSSR count). The van der Waals surface area contributed by atoms with Gasteiger partial charge in [0.2, 0.25) is 5.91 Å². The summed E-state index contributed by atoms with van der Waals surface area (Å²) in [6, 6.07) is 10.9. The fraction of sp³-hybridized carbons (Fsp3) is 0.158. The second-order valence-electron chi connectivity index (χ2n) is 5.24. The van der Waals surface area contributed by atoms with Crippen molar-refractivity contribution in [2.75, 3.05) is 19.5 Å². The number of carbonyl (C=O) groups excluding carboxylic acids is 2. The van der Waals surface area contributed by atoms with Crippen molar-refractivity contribution < 1.29 is 27.8 Å². The number of anilines is 1. The van der Waals surface area contributed by atoms with Crippen LogP contribution in [0.25, 0.3) is 6.08 Å². The lowest BCUT2D eigenvalue weighted by atomic mass is 10.1. The molecule has 6 nitrogen and oxygen atoms in total. The number of nitrogens with one attached hydrogen (secondary N) is 2. The Morgan fingerprint density at radius 2 is 1.85 bits per heavy atom. The van der Waals surface area contributed by atoms with Gasteiger partial charge < -0.3 is 20.1 Å². The molecule has 8 heteroatoms. The zero-order valence-corrected chi connectivity index (χ0v) is 14.7. The number of hydrogen-bond donors (Lipinski definition) is 2. The van der Waals surface area contributed by atoms with Gasteiger partial charge >= 0.3 is 6.61 Å². The largest absolute Gasteiger partial charge is 0.493 e. The van der Waals surface area contributed by atoms with Crippen LogP contribution in [0, 0.1) is 0 Å². The molecule has 0 saturated carbocycles. The third-order valence-electron chi connectivity index (χ3n) is 3.49. The van der Waals surface area contributed by atoms with E-state index in [4.69, 9.17) is 4.74 Å². The van der Waals surface area contributed by atoms with Gasteiger partial charge in [-0.25, -0.2) is 0 Å². The number of alkyl halides is 2. The molecule has 2 amide bonds. The fourth-order valence-corrected chi connectivity index (χ4v) is 2.25. The first-order valence-electron chi connectivity index (χ1n) is 7.87. The van der Waals surface area contributed by atoms with Gasteiger partial charge in [0.25, 0.3) is 5.91 Å². The molecule has 0 aliphatic rings. The van der Waals surface area contributed by atoms with E-state index in [1.165, 1.54) is 44.5 Å². The van der Waals surface area contributed by atoms with Gasteiger partial charge in [0, 0.05) is 13.1 Å². The van der Waals surface area contributed by atoms with Crippen LogP contribution in [0.5, 0.6) is 11.5 Å². The van der Waals surface area contributed by atoms with E-state index >= 15 is 0 Å². The summed E-state index contributed by atoms with van der Waals surface area (Å²) in [6.07, 6.45) is 2.73. The topological polar surface area (TPSA) is 76.7 Å². The van der Waals surface area contributed by atoms with Crippen LogP contribution in [-0.2, 0) is 4.79 Å². The van der Waals surface area contributed by atoms with Gasteiger partial charge in [0.05, 0.1) is 18.4 Å². The van der Waals surface area contributed by atoms with E-state index in [0.29, 0.717) is 16.8 Å². The predicted octanol–water partition coefficient (Wildman–Crippen LogP) is 3.31. The lowest BCUT2D eigenvalue weighted by molar-refractivity contribution is -0.111. The van der Waals surface area contributed by atoms with Crippen molar-refractivity contribution in [2.24, 2.45) is 0 Å². The minimum atomic E-state index is -2.97. The monoisotopic (exact) mass is 376 g/mol. The summed E-state index contributed by atoms with van der Waals surface area (Å²) in [7, 11) is 2.82. The number of carbonyl (C=O) groups is 2. The zero-order chi connectivity index (χ0) is 19.8. The second kappa shape index (κ2) is 9.33. The summed E-state index contributed by atoms with van der Waals surface area (Å²) in [6.45, 7) is -2.97. The van der Waals surface area contributed by atoms with Crippen molar-refractivity contribution in [2.45, 2.75) is 6.61 Å². The first kappa shape index (κ1) is 19.9. The summed E-state index contributed by atoms with van der Waals surface area (Å²) in [5, 5.41) is 5.12. The normalized spacial score (nSPS) is 10.7. The van der Waals surface area contributed by atoms with Crippen LogP contribution >= 0.6 is 0 Å². The number of benzene rings is 2. The van der Waals surface area contributed by atoms with Crippen molar-refractivity contribution in [3.8, 4) is 11.5 Å². The molecule has 142 valence electrons. The highest BCUT2D eigenvalue weighted by molar-refractivity contribution is 6.07. The number of hydrogen-bond acceptors (Lipinski definition) is 4. The van der Waals surface area contributed by atoms with Gasteiger partial charge in [-0.05, 0) is 35.9 Å². The summed E-state index contributed by atoms with van der Waals surface area (Å²) in [5.41, 5.74) is 1.24. The molecule has 2 aromatic carbocycles. The van der Waals surface area contributed by atoms with E-state index in [1.807, 2.05) is 0 Å². The molecule has 0 aliphatic heterocycles. The van der Waals surface area contributed by atoms with Crippen molar-refractivity contribution >= 4 is 23.6 Å². The van der Waals surface area contributed by atoms with Gasteiger partial charge in [0.1, 0.15) is 0 Å². The Labute approximate surface area is 154 Å². The smallest absolute Gasteiger partial charge is 0.387 e. The molecular formula is C19H18F2N2O4. The molecule has 0 bridgehead atoms. The number of halogens is 2. The molecule has 0 fully saturated rings. The summed E-state index contributed by atoms with van der Waals surface area (Å²) < 4.78 is 34.0. The maximum atomic E-state index is 12.3. The third-order valence-corrected chi connectivity index (χ3v) is 3.49. The number of methoxy groups -OCH3 is 1. The SMILES string of the molecule is CNC(=O)c1ccccc1NC(=O)/C=C/c1ccc(OC(F)F)c(OC)c1. The maximum absolute atomic E-state index is 12.3. The molecule has 0 saturated heterocycles. The molecule has 27 heavy (non-hydrogen) atoms.